The highest BCUT2D eigenvalue weighted by molar-refractivity contribution is 7.11. The van der Waals surface area contributed by atoms with Gasteiger partial charge in [0.15, 0.2) is 0 Å². The molecule has 0 bridgehead atoms. The number of carbonyl (C=O) groups excluding carboxylic acids is 1. The molecule has 1 saturated carbocycles. The first kappa shape index (κ1) is 18.4. The quantitative estimate of drug-likeness (QED) is 0.738. The van der Waals surface area contributed by atoms with Crippen molar-refractivity contribution in [1.29, 1.82) is 0 Å². The summed E-state index contributed by atoms with van der Waals surface area (Å²) in [7, 11) is 0. The Morgan fingerprint density at radius 1 is 1.08 bits per heavy atom. The van der Waals surface area contributed by atoms with E-state index >= 15 is 0 Å². The predicted octanol–water partition coefficient (Wildman–Crippen LogP) is 4.13. The summed E-state index contributed by atoms with van der Waals surface area (Å²) in [6.45, 7) is 2.61. The molecule has 0 spiro atoms. The molecule has 1 unspecified atom stereocenters. The van der Waals surface area contributed by atoms with Gasteiger partial charge in [-0.2, -0.15) is 0 Å². The molecule has 0 radical (unpaired) electrons. The Bertz CT molecular complexity index is 594. The Kier molecular flexibility index (Phi) is 6.23. The Labute approximate surface area is 160 Å². The smallest absolute Gasteiger partial charge is 0.330 e. The minimum absolute atomic E-state index is 0.110. The molecule has 3 heterocycles. The molecule has 1 aliphatic carbocycles. The lowest BCUT2D eigenvalue weighted by Crippen LogP contribution is -2.52. The molecular weight excluding hydrogens is 348 g/mol. The molecule has 0 aromatic carbocycles. The fraction of sp³-hybridized carbons (Fsp3) is 0.800. The van der Waals surface area contributed by atoms with Crippen molar-refractivity contribution in [2.24, 2.45) is 0 Å². The predicted molar refractivity (Wildman–Crippen MR) is 102 cm³/mol. The monoisotopic (exact) mass is 378 g/mol. The zero-order chi connectivity index (χ0) is 17.8. The zero-order valence-electron chi connectivity index (χ0n) is 15.5. The molecule has 0 N–H and O–H groups in total. The number of esters is 1. The van der Waals surface area contributed by atoms with Crippen LogP contribution in [0, 0.1) is 0 Å². The van der Waals surface area contributed by atoms with E-state index in [0.717, 1.165) is 51.1 Å². The van der Waals surface area contributed by atoms with E-state index in [-0.39, 0.29) is 12.0 Å². The van der Waals surface area contributed by atoms with E-state index in [1.807, 2.05) is 0 Å². The zero-order valence-corrected chi connectivity index (χ0v) is 16.3. The first-order chi connectivity index (χ1) is 12.8. The van der Waals surface area contributed by atoms with Gasteiger partial charge in [-0.05, 0) is 45.1 Å². The van der Waals surface area contributed by atoms with Gasteiger partial charge in [0.25, 0.3) is 5.19 Å². The lowest BCUT2D eigenvalue weighted by Gasteiger charge is -2.41. The third-order valence-corrected chi connectivity index (χ3v) is 6.92. The molecule has 144 valence electrons. The summed E-state index contributed by atoms with van der Waals surface area (Å²) in [4.78, 5) is 19.9. The second-order valence-electron chi connectivity index (χ2n) is 7.89. The van der Waals surface area contributed by atoms with Gasteiger partial charge < -0.3 is 9.47 Å². The van der Waals surface area contributed by atoms with Gasteiger partial charge in [0.1, 0.15) is 6.04 Å². The maximum absolute atomic E-state index is 12.9. The topological polar surface area (TPSA) is 51.7 Å². The highest BCUT2D eigenvalue weighted by Gasteiger charge is 2.36. The molecule has 26 heavy (non-hydrogen) atoms. The van der Waals surface area contributed by atoms with Crippen molar-refractivity contribution < 1.29 is 14.3 Å². The van der Waals surface area contributed by atoms with Gasteiger partial charge in [-0.25, -0.2) is 9.78 Å². The number of piperidine rings is 1. The highest BCUT2D eigenvalue weighted by Crippen LogP contribution is 2.35. The fourth-order valence-electron chi connectivity index (χ4n) is 4.72. The average molecular weight is 379 g/mol. The molecule has 5 nitrogen and oxygen atoms in total. The van der Waals surface area contributed by atoms with Crippen LogP contribution >= 0.6 is 11.3 Å². The van der Waals surface area contributed by atoms with Crippen molar-refractivity contribution in [2.75, 3.05) is 19.8 Å². The first-order valence-electron chi connectivity index (χ1n) is 10.3. The van der Waals surface area contributed by atoms with Crippen molar-refractivity contribution in [3.63, 3.8) is 0 Å². The molecule has 3 fully saturated rings. The Balaban J connectivity index is 1.38. The van der Waals surface area contributed by atoms with Crippen LogP contribution in [0.15, 0.2) is 5.38 Å². The Hall–Kier alpha value is -0.980. The summed E-state index contributed by atoms with van der Waals surface area (Å²) in [6.07, 6.45) is 11.6. The Morgan fingerprint density at radius 2 is 1.85 bits per heavy atom. The summed E-state index contributed by atoms with van der Waals surface area (Å²) in [6, 6.07) is 0.338. The largest absolute Gasteiger partial charge is 0.397 e. The number of nitrogens with zero attached hydrogens (tertiary/aromatic N) is 2. The second kappa shape index (κ2) is 8.81. The normalized spacial score (nSPS) is 26.7. The number of rotatable bonds is 4. The Morgan fingerprint density at radius 3 is 2.65 bits per heavy atom. The van der Waals surface area contributed by atoms with Crippen molar-refractivity contribution in [3.05, 3.63) is 11.1 Å². The van der Waals surface area contributed by atoms with Gasteiger partial charge in [0, 0.05) is 30.6 Å². The maximum Gasteiger partial charge on any atom is 0.330 e. The molecule has 4 rings (SSSR count). The summed E-state index contributed by atoms with van der Waals surface area (Å²) in [5.41, 5.74) is 1.13. The molecule has 1 aromatic rings. The molecule has 1 atom stereocenters. The third kappa shape index (κ3) is 4.29. The van der Waals surface area contributed by atoms with Crippen LogP contribution in [0.5, 0.6) is 5.19 Å². The molecule has 6 heteroatoms. The number of thiazole rings is 1. The number of hydrogen-bond donors (Lipinski definition) is 0. The summed E-state index contributed by atoms with van der Waals surface area (Å²) in [5.74, 6) is 0.446. The van der Waals surface area contributed by atoms with E-state index in [2.05, 4.69) is 15.3 Å². The van der Waals surface area contributed by atoms with Gasteiger partial charge in [0.05, 0.1) is 5.69 Å². The van der Waals surface area contributed by atoms with E-state index in [1.54, 1.807) is 0 Å². The maximum atomic E-state index is 12.9. The highest BCUT2D eigenvalue weighted by atomic mass is 32.1. The van der Waals surface area contributed by atoms with Crippen LogP contribution in [0.1, 0.15) is 75.8 Å². The summed E-state index contributed by atoms with van der Waals surface area (Å²) >= 11 is 1.48. The summed E-state index contributed by atoms with van der Waals surface area (Å²) < 4.78 is 11.2. The molecule has 0 amide bonds. The van der Waals surface area contributed by atoms with Gasteiger partial charge in [0.2, 0.25) is 0 Å². The van der Waals surface area contributed by atoms with Crippen LogP contribution in [-0.4, -0.2) is 47.7 Å². The minimum Gasteiger partial charge on any atom is -0.397 e. The molecule has 2 saturated heterocycles. The van der Waals surface area contributed by atoms with Crippen LogP contribution in [0.2, 0.25) is 0 Å². The van der Waals surface area contributed by atoms with Crippen LogP contribution in [0.4, 0.5) is 0 Å². The lowest BCUT2D eigenvalue weighted by atomic mass is 9.87. The van der Waals surface area contributed by atoms with Gasteiger partial charge in [-0.15, -0.1) is 0 Å². The number of ether oxygens (including phenoxy) is 2. The van der Waals surface area contributed by atoms with Crippen LogP contribution < -0.4 is 4.74 Å². The SMILES string of the molecule is O=C(Oc1nc(C2CCCCC2)cs1)C1CCCCN1C1CCOCC1. The number of likely N-dealkylation sites (tertiary alicyclic amines) is 1. The van der Waals surface area contributed by atoms with E-state index in [1.165, 1.54) is 49.9 Å². The third-order valence-electron chi connectivity index (χ3n) is 6.19. The molecular formula is C20H30N2O3S. The first-order valence-corrected chi connectivity index (χ1v) is 11.2. The van der Waals surface area contributed by atoms with E-state index in [4.69, 9.17) is 9.47 Å². The number of hydrogen-bond acceptors (Lipinski definition) is 6. The van der Waals surface area contributed by atoms with E-state index in [0.29, 0.717) is 17.2 Å². The van der Waals surface area contributed by atoms with Crippen LogP contribution in [-0.2, 0) is 9.53 Å². The second-order valence-corrected chi connectivity index (χ2v) is 8.71. The van der Waals surface area contributed by atoms with Gasteiger partial charge >= 0.3 is 5.97 Å². The van der Waals surface area contributed by atoms with Crippen molar-refractivity contribution in [1.82, 2.24) is 9.88 Å². The average Bonchev–Trinajstić information content (AvgIpc) is 3.18. The molecule has 1 aromatic heterocycles. The number of carbonyl (C=O) groups is 1. The number of aromatic nitrogens is 1. The van der Waals surface area contributed by atoms with E-state index in [9.17, 15) is 4.79 Å². The van der Waals surface area contributed by atoms with Gasteiger partial charge in [-0.1, -0.05) is 37.0 Å². The molecule has 2 aliphatic heterocycles. The van der Waals surface area contributed by atoms with E-state index < -0.39 is 0 Å². The van der Waals surface area contributed by atoms with Crippen molar-refractivity contribution in [2.45, 2.75) is 82.2 Å². The standard InChI is InChI=1S/C20H30N2O3S/c23-19(18-8-4-5-11-22(18)16-9-12-24-13-10-16)25-20-21-17(14-26-20)15-6-2-1-3-7-15/h14-16,18H,1-13H2. The lowest BCUT2D eigenvalue weighted by molar-refractivity contribution is -0.144. The molecule has 3 aliphatic rings. The van der Waals surface area contributed by atoms with Crippen LogP contribution in [0.3, 0.4) is 0 Å². The van der Waals surface area contributed by atoms with Gasteiger partial charge in [-0.3, -0.25) is 4.90 Å². The minimum atomic E-state index is -0.117. The van der Waals surface area contributed by atoms with Crippen LogP contribution in [0.25, 0.3) is 0 Å². The van der Waals surface area contributed by atoms with Crippen molar-refractivity contribution >= 4 is 17.3 Å². The fourth-order valence-corrected chi connectivity index (χ4v) is 5.47. The van der Waals surface area contributed by atoms with Crippen molar-refractivity contribution in [3.8, 4) is 5.19 Å². The summed E-state index contributed by atoms with van der Waals surface area (Å²) in [5, 5.41) is 2.63.